The lowest BCUT2D eigenvalue weighted by atomic mass is 10.3. The minimum atomic E-state index is 0.456. The first-order valence-electron chi connectivity index (χ1n) is 5.73. The third kappa shape index (κ3) is 2.58. The van der Waals surface area contributed by atoms with Crippen LogP contribution in [0.3, 0.4) is 0 Å². The number of hydrogen-bond donors (Lipinski definition) is 1. The van der Waals surface area contributed by atoms with Gasteiger partial charge in [-0.3, -0.25) is 9.58 Å². The highest BCUT2D eigenvalue weighted by molar-refractivity contribution is 5.01. The molecule has 15 heavy (non-hydrogen) atoms. The summed E-state index contributed by atoms with van der Waals surface area (Å²) in [5, 5.41) is 7.72. The molecule has 0 spiro atoms. The summed E-state index contributed by atoms with van der Waals surface area (Å²) in [6, 6.07) is 2.58. The molecule has 1 aliphatic heterocycles. The van der Waals surface area contributed by atoms with E-state index in [-0.39, 0.29) is 0 Å². The maximum Gasteiger partial charge on any atom is 0.0527 e. The summed E-state index contributed by atoms with van der Waals surface area (Å²) in [5.41, 5.74) is 1.33. The van der Waals surface area contributed by atoms with Crippen molar-refractivity contribution >= 4 is 0 Å². The second kappa shape index (κ2) is 4.77. The maximum atomic E-state index is 4.36. The van der Waals surface area contributed by atoms with Gasteiger partial charge in [0, 0.05) is 45.0 Å². The summed E-state index contributed by atoms with van der Waals surface area (Å²) in [5.74, 6) is 0. The summed E-state index contributed by atoms with van der Waals surface area (Å²) in [6.45, 7) is 9.88. The van der Waals surface area contributed by atoms with Gasteiger partial charge in [0.25, 0.3) is 0 Å². The van der Waals surface area contributed by atoms with Gasteiger partial charge in [-0.05, 0) is 19.9 Å². The minimum Gasteiger partial charge on any atom is -0.314 e. The van der Waals surface area contributed by atoms with Crippen molar-refractivity contribution in [3.05, 3.63) is 18.0 Å². The van der Waals surface area contributed by atoms with E-state index in [9.17, 15) is 0 Å². The molecule has 1 aromatic rings. The maximum absolute atomic E-state index is 4.36. The van der Waals surface area contributed by atoms with Crippen molar-refractivity contribution in [1.82, 2.24) is 20.0 Å². The third-order valence-electron chi connectivity index (χ3n) is 2.84. The number of nitrogens with zero attached hydrogens (tertiary/aromatic N) is 3. The van der Waals surface area contributed by atoms with E-state index in [1.54, 1.807) is 0 Å². The van der Waals surface area contributed by atoms with Crippen molar-refractivity contribution in [2.75, 3.05) is 26.2 Å². The van der Waals surface area contributed by atoms with Crippen LogP contribution < -0.4 is 5.32 Å². The van der Waals surface area contributed by atoms with E-state index < -0.39 is 0 Å². The van der Waals surface area contributed by atoms with Gasteiger partial charge in [-0.1, -0.05) is 0 Å². The fourth-order valence-corrected chi connectivity index (χ4v) is 2.03. The van der Waals surface area contributed by atoms with Gasteiger partial charge in [0.05, 0.1) is 5.69 Å². The Kier molecular flexibility index (Phi) is 3.38. The first-order chi connectivity index (χ1) is 7.27. The molecule has 0 aliphatic carbocycles. The van der Waals surface area contributed by atoms with Crippen molar-refractivity contribution in [3.63, 3.8) is 0 Å². The topological polar surface area (TPSA) is 33.1 Å². The highest BCUT2D eigenvalue weighted by atomic mass is 15.3. The number of aromatic nitrogens is 2. The summed E-state index contributed by atoms with van der Waals surface area (Å²) in [7, 11) is 0. The molecule has 2 heterocycles. The molecule has 1 saturated heterocycles. The Bertz CT molecular complexity index is 299. The standard InChI is InChI=1S/C11H20N4/c1-10(2)15-11(3-4-13-15)9-14-7-5-12-6-8-14/h3-4,10,12H,5-9H2,1-2H3. The Hall–Kier alpha value is -0.870. The quantitative estimate of drug-likeness (QED) is 0.800. The van der Waals surface area contributed by atoms with E-state index in [1.807, 2.05) is 6.20 Å². The molecule has 0 atom stereocenters. The molecule has 1 fully saturated rings. The van der Waals surface area contributed by atoms with E-state index in [4.69, 9.17) is 0 Å². The second-order valence-electron chi connectivity index (χ2n) is 4.39. The summed E-state index contributed by atoms with van der Waals surface area (Å²) in [4.78, 5) is 2.48. The van der Waals surface area contributed by atoms with Gasteiger partial charge in [0.1, 0.15) is 0 Å². The number of nitrogens with one attached hydrogen (secondary N) is 1. The lowest BCUT2D eigenvalue weighted by molar-refractivity contribution is 0.225. The van der Waals surface area contributed by atoms with Crippen molar-refractivity contribution < 1.29 is 0 Å². The molecule has 1 N–H and O–H groups in total. The molecule has 0 saturated carbocycles. The summed E-state index contributed by atoms with van der Waals surface area (Å²) < 4.78 is 2.11. The average molecular weight is 208 g/mol. The van der Waals surface area contributed by atoms with Crippen molar-refractivity contribution in [2.24, 2.45) is 0 Å². The molecular formula is C11H20N4. The van der Waals surface area contributed by atoms with Crippen molar-refractivity contribution in [3.8, 4) is 0 Å². The molecule has 84 valence electrons. The van der Waals surface area contributed by atoms with Crippen LogP contribution in [0.4, 0.5) is 0 Å². The monoisotopic (exact) mass is 208 g/mol. The normalized spacial score (nSPS) is 18.6. The second-order valence-corrected chi connectivity index (χ2v) is 4.39. The van der Waals surface area contributed by atoms with Crippen molar-refractivity contribution in [2.45, 2.75) is 26.4 Å². The Morgan fingerprint density at radius 2 is 2.13 bits per heavy atom. The van der Waals surface area contributed by atoms with Crippen LogP contribution >= 0.6 is 0 Å². The van der Waals surface area contributed by atoms with Gasteiger partial charge in [0.2, 0.25) is 0 Å². The highest BCUT2D eigenvalue weighted by Crippen LogP contribution is 2.10. The molecule has 4 nitrogen and oxygen atoms in total. The van der Waals surface area contributed by atoms with Crippen LogP contribution in [-0.2, 0) is 6.54 Å². The fraction of sp³-hybridized carbons (Fsp3) is 0.727. The molecule has 2 rings (SSSR count). The van der Waals surface area contributed by atoms with E-state index in [0.29, 0.717) is 6.04 Å². The molecule has 0 amide bonds. The molecule has 0 bridgehead atoms. The van der Waals surface area contributed by atoms with E-state index in [1.165, 1.54) is 5.69 Å². The van der Waals surface area contributed by atoms with Gasteiger partial charge in [-0.25, -0.2) is 0 Å². The Morgan fingerprint density at radius 3 is 2.80 bits per heavy atom. The molecule has 4 heteroatoms. The van der Waals surface area contributed by atoms with Crippen LogP contribution in [-0.4, -0.2) is 40.9 Å². The molecule has 0 aromatic carbocycles. The zero-order chi connectivity index (χ0) is 10.7. The van der Waals surface area contributed by atoms with Crippen LogP contribution in [0.15, 0.2) is 12.3 Å². The molecule has 0 unspecified atom stereocenters. The Balaban J connectivity index is 1.99. The number of rotatable bonds is 3. The molecular weight excluding hydrogens is 188 g/mol. The molecule has 1 aliphatic rings. The fourth-order valence-electron chi connectivity index (χ4n) is 2.03. The molecule has 1 aromatic heterocycles. The van der Waals surface area contributed by atoms with E-state index >= 15 is 0 Å². The first kappa shape index (κ1) is 10.6. The van der Waals surface area contributed by atoms with Gasteiger partial charge >= 0.3 is 0 Å². The minimum absolute atomic E-state index is 0.456. The lowest BCUT2D eigenvalue weighted by Gasteiger charge is -2.27. The van der Waals surface area contributed by atoms with Gasteiger partial charge in [-0.15, -0.1) is 0 Å². The predicted octanol–water partition coefficient (Wildman–Crippen LogP) is 0.869. The summed E-state index contributed by atoms with van der Waals surface area (Å²) >= 11 is 0. The smallest absolute Gasteiger partial charge is 0.0527 e. The van der Waals surface area contributed by atoms with Gasteiger partial charge < -0.3 is 5.32 Å². The highest BCUT2D eigenvalue weighted by Gasteiger charge is 2.13. The van der Waals surface area contributed by atoms with Crippen LogP contribution in [0.2, 0.25) is 0 Å². The van der Waals surface area contributed by atoms with Crippen LogP contribution in [0.25, 0.3) is 0 Å². The van der Waals surface area contributed by atoms with Gasteiger partial charge in [-0.2, -0.15) is 5.10 Å². The SMILES string of the molecule is CC(C)n1nccc1CN1CCNCC1. The first-order valence-corrected chi connectivity index (χ1v) is 5.73. The third-order valence-corrected chi connectivity index (χ3v) is 2.84. The number of piperazine rings is 1. The van der Waals surface area contributed by atoms with Crippen LogP contribution in [0, 0.1) is 0 Å². The van der Waals surface area contributed by atoms with E-state index in [2.05, 4.69) is 39.9 Å². The lowest BCUT2D eigenvalue weighted by Crippen LogP contribution is -2.43. The Labute approximate surface area is 91.3 Å². The average Bonchev–Trinajstić information content (AvgIpc) is 2.67. The largest absolute Gasteiger partial charge is 0.314 e. The number of hydrogen-bond acceptors (Lipinski definition) is 3. The van der Waals surface area contributed by atoms with Gasteiger partial charge in [0.15, 0.2) is 0 Å². The molecule has 0 radical (unpaired) electrons. The summed E-state index contributed by atoms with van der Waals surface area (Å²) in [6.07, 6.45) is 1.90. The zero-order valence-corrected chi connectivity index (χ0v) is 9.61. The Morgan fingerprint density at radius 1 is 1.40 bits per heavy atom. The van der Waals surface area contributed by atoms with E-state index in [0.717, 1.165) is 32.7 Å². The predicted molar refractivity (Wildman–Crippen MR) is 60.8 cm³/mol. The zero-order valence-electron chi connectivity index (χ0n) is 9.61. The van der Waals surface area contributed by atoms with Crippen LogP contribution in [0.1, 0.15) is 25.6 Å². The van der Waals surface area contributed by atoms with Crippen molar-refractivity contribution in [1.29, 1.82) is 0 Å². The van der Waals surface area contributed by atoms with Crippen LogP contribution in [0.5, 0.6) is 0 Å².